The first-order chi connectivity index (χ1) is 10.5. The van der Waals surface area contributed by atoms with Gasteiger partial charge in [-0.25, -0.2) is 0 Å². The number of carbonyl (C=O) groups excluding carboxylic acids is 1. The third-order valence-electron chi connectivity index (χ3n) is 3.63. The van der Waals surface area contributed by atoms with Crippen LogP contribution in [0.5, 0.6) is 0 Å². The topological polar surface area (TPSA) is 45.2 Å². The Morgan fingerprint density at radius 3 is 2.50 bits per heavy atom. The van der Waals surface area contributed by atoms with E-state index in [0.717, 1.165) is 11.3 Å². The second-order valence-electron chi connectivity index (χ2n) is 5.25. The first kappa shape index (κ1) is 16.5. The van der Waals surface area contributed by atoms with Gasteiger partial charge in [0.2, 0.25) is 17.5 Å². The van der Waals surface area contributed by atoms with E-state index in [1.54, 1.807) is 0 Å². The van der Waals surface area contributed by atoms with Gasteiger partial charge >= 0.3 is 0 Å². The standard InChI is InChI=1S/C14H17F4N3O/c1-2-5-19-14(22)8-4-3-6-21(7-8)11-9(15)12(17)20-13(18)10(11)16/h8H,2-7H2,1H3,(H,19,22). The lowest BCUT2D eigenvalue weighted by Gasteiger charge is -2.33. The summed E-state index contributed by atoms with van der Waals surface area (Å²) in [6.45, 7) is 2.64. The van der Waals surface area contributed by atoms with E-state index in [1.165, 1.54) is 0 Å². The molecule has 0 radical (unpaired) electrons. The summed E-state index contributed by atoms with van der Waals surface area (Å²) in [7, 11) is 0. The quantitative estimate of drug-likeness (QED) is 0.685. The molecule has 0 saturated carbocycles. The number of amides is 1. The van der Waals surface area contributed by atoms with Gasteiger partial charge in [-0.2, -0.15) is 22.5 Å². The Hall–Kier alpha value is -1.86. The summed E-state index contributed by atoms with van der Waals surface area (Å²) in [4.78, 5) is 15.7. The number of pyridine rings is 1. The number of anilines is 1. The molecule has 22 heavy (non-hydrogen) atoms. The number of hydrogen-bond donors (Lipinski definition) is 1. The Labute approximate surface area is 125 Å². The summed E-state index contributed by atoms with van der Waals surface area (Å²) in [6.07, 6.45) is 1.83. The molecule has 1 aromatic rings. The van der Waals surface area contributed by atoms with E-state index in [9.17, 15) is 22.4 Å². The third kappa shape index (κ3) is 3.31. The van der Waals surface area contributed by atoms with Gasteiger partial charge in [0.1, 0.15) is 5.69 Å². The maximum absolute atomic E-state index is 13.8. The van der Waals surface area contributed by atoms with Gasteiger partial charge in [-0.15, -0.1) is 0 Å². The van der Waals surface area contributed by atoms with E-state index in [0.29, 0.717) is 19.4 Å². The fourth-order valence-corrected chi connectivity index (χ4v) is 2.54. The highest BCUT2D eigenvalue weighted by molar-refractivity contribution is 5.79. The highest BCUT2D eigenvalue weighted by atomic mass is 19.2. The summed E-state index contributed by atoms with van der Waals surface area (Å²) < 4.78 is 53.9. The lowest BCUT2D eigenvalue weighted by molar-refractivity contribution is -0.125. The zero-order valence-corrected chi connectivity index (χ0v) is 12.1. The molecule has 0 spiro atoms. The largest absolute Gasteiger partial charge is 0.366 e. The molecule has 1 N–H and O–H groups in total. The molecule has 1 fully saturated rings. The van der Waals surface area contributed by atoms with Crippen LogP contribution in [0.15, 0.2) is 0 Å². The molecule has 1 saturated heterocycles. The number of nitrogens with one attached hydrogen (secondary N) is 1. The maximum Gasteiger partial charge on any atom is 0.253 e. The van der Waals surface area contributed by atoms with Crippen LogP contribution >= 0.6 is 0 Å². The van der Waals surface area contributed by atoms with Crippen LogP contribution in [0, 0.1) is 29.4 Å². The van der Waals surface area contributed by atoms with Gasteiger partial charge in [-0.1, -0.05) is 6.92 Å². The van der Waals surface area contributed by atoms with E-state index in [2.05, 4.69) is 10.3 Å². The summed E-state index contributed by atoms with van der Waals surface area (Å²) >= 11 is 0. The number of halogens is 4. The molecule has 0 bridgehead atoms. The van der Waals surface area contributed by atoms with Crippen LogP contribution in [0.25, 0.3) is 0 Å². The second-order valence-corrected chi connectivity index (χ2v) is 5.25. The van der Waals surface area contributed by atoms with E-state index < -0.39 is 35.1 Å². The van der Waals surface area contributed by atoms with E-state index in [1.807, 2.05) is 6.92 Å². The Bertz CT molecular complexity index is 541. The number of nitrogens with zero attached hydrogens (tertiary/aromatic N) is 2. The van der Waals surface area contributed by atoms with Crippen LogP contribution < -0.4 is 10.2 Å². The van der Waals surface area contributed by atoms with Crippen molar-refractivity contribution in [1.29, 1.82) is 0 Å². The van der Waals surface area contributed by atoms with Crippen molar-refractivity contribution in [2.24, 2.45) is 5.92 Å². The Kier molecular flexibility index (Phi) is 5.20. The van der Waals surface area contributed by atoms with Gasteiger partial charge in [-0.3, -0.25) is 4.79 Å². The van der Waals surface area contributed by atoms with Gasteiger partial charge < -0.3 is 10.2 Å². The number of piperidine rings is 1. The molecular formula is C14H17F4N3O. The van der Waals surface area contributed by atoms with Crippen LogP contribution in [-0.2, 0) is 4.79 Å². The monoisotopic (exact) mass is 319 g/mol. The Morgan fingerprint density at radius 1 is 1.27 bits per heavy atom. The second kappa shape index (κ2) is 6.93. The molecule has 1 aliphatic rings. The Morgan fingerprint density at radius 2 is 1.91 bits per heavy atom. The lowest BCUT2D eigenvalue weighted by Crippen LogP contribution is -2.44. The number of aromatic nitrogens is 1. The molecule has 1 aromatic heterocycles. The van der Waals surface area contributed by atoms with Gasteiger partial charge in [0.15, 0.2) is 0 Å². The predicted molar refractivity (Wildman–Crippen MR) is 72.3 cm³/mol. The number of rotatable bonds is 4. The SMILES string of the molecule is CCCNC(=O)C1CCCN(c2c(F)c(F)nc(F)c2F)C1. The van der Waals surface area contributed by atoms with Crippen LogP contribution in [0.2, 0.25) is 0 Å². The minimum absolute atomic E-state index is 0.00623. The molecule has 8 heteroatoms. The van der Waals surface area contributed by atoms with Crippen molar-refractivity contribution in [2.75, 3.05) is 24.5 Å². The summed E-state index contributed by atoms with van der Waals surface area (Å²) in [5, 5.41) is 2.71. The van der Waals surface area contributed by atoms with Crippen molar-refractivity contribution in [3.8, 4) is 0 Å². The van der Waals surface area contributed by atoms with Crippen LogP contribution in [0.3, 0.4) is 0 Å². The molecule has 4 nitrogen and oxygen atoms in total. The predicted octanol–water partition coefficient (Wildman–Crippen LogP) is 2.38. The van der Waals surface area contributed by atoms with Crippen molar-refractivity contribution in [2.45, 2.75) is 26.2 Å². The molecule has 1 unspecified atom stereocenters. The highest BCUT2D eigenvalue weighted by Crippen LogP contribution is 2.30. The molecule has 0 aliphatic carbocycles. The van der Waals surface area contributed by atoms with Crippen molar-refractivity contribution < 1.29 is 22.4 Å². The minimum Gasteiger partial charge on any atom is -0.366 e. The van der Waals surface area contributed by atoms with Crippen molar-refractivity contribution in [3.05, 3.63) is 23.5 Å². The summed E-state index contributed by atoms with van der Waals surface area (Å²) in [5.74, 6) is -7.14. The van der Waals surface area contributed by atoms with Gasteiger partial charge in [0.25, 0.3) is 11.9 Å². The van der Waals surface area contributed by atoms with E-state index in [4.69, 9.17) is 0 Å². The van der Waals surface area contributed by atoms with Gasteiger partial charge in [0, 0.05) is 19.6 Å². The third-order valence-corrected chi connectivity index (χ3v) is 3.63. The molecular weight excluding hydrogens is 302 g/mol. The number of carbonyl (C=O) groups is 1. The zero-order chi connectivity index (χ0) is 16.3. The normalized spacial score (nSPS) is 18.4. The zero-order valence-electron chi connectivity index (χ0n) is 12.1. The lowest BCUT2D eigenvalue weighted by atomic mass is 9.96. The smallest absolute Gasteiger partial charge is 0.253 e. The highest BCUT2D eigenvalue weighted by Gasteiger charge is 2.31. The summed E-state index contributed by atoms with van der Waals surface area (Å²) in [6, 6.07) is 0. The molecule has 2 heterocycles. The average molecular weight is 319 g/mol. The van der Waals surface area contributed by atoms with Crippen molar-refractivity contribution >= 4 is 11.6 Å². The first-order valence-electron chi connectivity index (χ1n) is 7.18. The number of hydrogen-bond acceptors (Lipinski definition) is 3. The first-order valence-corrected chi connectivity index (χ1v) is 7.18. The maximum atomic E-state index is 13.8. The van der Waals surface area contributed by atoms with Crippen LogP contribution in [0.1, 0.15) is 26.2 Å². The Balaban J connectivity index is 2.21. The average Bonchev–Trinajstić information content (AvgIpc) is 2.51. The van der Waals surface area contributed by atoms with Gasteiger partial charge in [-0.05, 0) is 19.3 Å². The molecule has 0 aromatic carbocycles. The molecule has 2 rings (SSSR count). The van der Waals surface area contributed by atoms with Crippen molar-refractivity contribution in [1.82, 2.24) is 10.3 Å². The van der Waals surface area contributed by atoms with Gasteiger partial charge in [0.05, 0.1) is 5.92 Å². The molecule has 1 aliphatic heterocycles. The molecule has 1 atom stereocenters. The van der Waals surface area contributed by atoms with Crippen LogP contribution in [-0.4, -0.2) is 30.5 Å². The van der Waals surface area contributed by atoms with Crippen LogP contribution in [0.4, 0.5) is 23.2 Å². The molecule has 122 valence electrons. The van der Waals surface area contributed by atoms with Crippen molar-refractivity contribution in [3.63, 3.8) is 0 Å². The van der Waals surface area contributed by atoms with E-state index >= 15 is 0 Å². The minimum atomic E-state index is -1.69. The van der Waals surface area contributed by atoms with E-state index in [-0.39, 0.29) is 19.0 Å². The summed E-state index contributed by atoms with van der Waals surface area (Å²) in [5.41, 5.74) is -0.794. The fourth-order valence-electron chi connectivity index (χ4n) is 2.54. The fraction of sp³-hybridized carbons (Fsp3) is 0.571. The molecule has 1 amide bonds.